The van der Waals surface area contributed by atoms with Crippen molar-refractivity contribution in [2.45, 2.75) is 113 Å². The number of rotatable bonds is 5. The Morgan fingerprint density at radius 1 is 1.12 bits per heavy atom. The lowest BCUT2D eigenvalue weighted by Gasteiger charge is -2.64. The number of aliphatic carboxylic acids is 1. The molecule has 0 radical (unpaired) electrons. The van der Waals surface area contributed by atoms with E-state index in [4.69, 9.17) is 0 Å². The zero-order valence-corrected chi connectivity index (χ0v) is 22.8. The van der Waals surface area contributed by atoms with Gasteiger partial charge in [-0.3, -0.25) is 0 Å². The zero-order chi connectivity index (χ0) is 24.4. The Morgan fingerprint density at radius 3 is 2.48 bits per heavy atom. The fourth-order valence-electron chi connectivity index (χ4n) is 9.70. The van der Waals surface area contributed by atoms with Crippen LogP contribution in [-0.4, -0.2) is 11.1 Å². The predicted octanol–water partition coefficient (Wildman–Crippen LogP) is 8.67. The van der Waals surface area contributed by atoms with Gasteiger partial charge in [0.2, 0.25) is 0 Å². The summed E-state index contributed by atoms with van der Waals surface area (Å²) in [5.41, 5.74) is 3.95. The van der Waals surface area contributed by atoms with E-state index in [1.54, 1.807) is 6.92 Å². The minimum absolute atomic E-state index is 0.336. The van der Waals surface area contributed by atoms with Crippen molar-refractivity contribution in [1.29, 1.82) is 0 Å². The predicted molar refractivity (Wildman–Crippen MR) is 138 cm³/mol. The Kier molecular flexibility index (Phi) is 6.28. The third-order valence-electron chi connectivity index (χ3n) is 12.5. The maximum absolute atomic E-state index is 11.2. The summed E-state index contributed by atoms with van der Waals surface area (Å²) in [5, 5.41) is 9.17. The van der Waals surface area contributed by atoms with Gasteiger partial charge in [-0.05, 0) is 116 Å². The number of allylic oxidation sites excluding steroid dienone is 3. The molecule has 0 aromatic heterocycles. The van der Waals surface area contributed by atoms with Crippen molar-refractivity contribution in [3.63, 3.8) is 0 Å². The summed E-state index contributed by atoms with van der Waals surface area (Å²) in [4.78, 5) is 11.2. The molecule has 0 aromatic rings. The maximum Gasteiger partial charge on any atom is 0.330 e. The van der Waals surface area contributed by atoms with E-state index in [1.807, 2.05) is 11.6 Å². The van der Waals surface area contributed by atoms with Crippen molar-refractivity contribution in [1.82, 2.24) is 0 Å². The average molecular weight is 455 g/mol. The summed E-state index contributed by atoms with van der Waals surface area (Å²) in [5.74, 6) is 3.03. The van der Waals surface area contributed by atoms with E-state index in [9.17, 15) is 9.90 Å². The largest absolute Gasteiger partial charge is 0.478 e. The maximum atomic E-state index is 11.2. The molecule has 3 saturated carbocycles. The van der Waals surface area contributed by atoms with E-state index in [0.717, 1.165) is 36.5 Å². The van der Waals surface area contributed by atoms with Gasteiger partial charge in [0, 0.05) is 5.57 Å². The van der Waals surface area contributed by atoms with Gasteiger partial charge in [0.25, 0.3) is 0 Å². The molecule has 4 rings (SSSR count). The minimum atomic E-state index is -0.780. The van der Waals surface area contributed by atoms with Gasteiger partial charge in [-0.25, -0.2) is 4.79 Å². The van der Waals surface area contributed by atoms with E-state index in [2.05, 4.69) is 54.5 Å². The van der Waals surface area contributed by atoms with Gasteiger partial charge >= 0.3 is 5.97 Å². The van der Waals surface area contributed by atoms with E-state index in [0.29, 0.717) is 33.2 Å². The Hall–Kier alpha value is -1.05. The number of hydrogen-bond acceptors (Lipinski definition) is 1. The summed E-state index contributed by atoms with van der Waals surface area (Å²) in [6, 6.07) is 0. The molecule has 33 heavy (non-hydrogen) atoms. The van der Waals surface area contributed by atoms with Gasteiger partial charge in [-0.15, -0.1) is 0 Å². The van der Waals surface area contributed by atoms with Crippen molar-refractivity contribution in [3.8, 4) is 0 Å². The molecule has 2 heteroatoms. The molecule has 0 aliphatic heterocycles. The lowest BCUT2D eigenvalue weighted by Crippen LogP contribution is -2.56. The third kappa shape index (κ3) is 3.59. The van der Waals surface area contributed by atoms with Gasteiger partial charge < -0.3 is 5.11 Å². The fraction of sp³-hybridized carbons (Fsp3) is 0.839. The van der Waals surface area contributed by atoms with Crippen LogP contribution in [0.3, 0.4) is 0 Å². The second kappa shape index (κ2) is 8.27. The molecule has 0 bridgehead atoms. The number of carboxylic acids is 1. The van der Waals surface area contributed by atoms with Gasteiger partial charge in [-0.2, -0.15) is 0 Å². The molecule has 0 heterocycles. The van der Waals surface area contributed by atoms with Crippen LogP contribution in [0.15, 0.2) is 23.3 Å². The van der Waals surface area contributed by atoms with Crippen LogP contribution in [0.2, 0.25) is 0 Å². The van der Waals surface area contributed by atoms with Gasteiger partial charge in [0.15, 0.2) is 0 Å². The van der Waals surface area contributed by atoms with Gasteiger partial charge in [-0.1, -0.05) is 66.2 Å². The van der Waals surface area contributed by atoms with Crippen LogP contribution in [0.4, 0.5) is 0 Å². The highest BCUT2D eigenvalue weighted by Crippen LogP contribution is 2.73. The third-order valence-corrected chi connectivity index (χ3v) is 12.5. The molecule has 1 N–H and O–H groups in total. The monoisotopic (exact) mass is 454 g/mol. The van der Waals surface area contributed by atoms with Crippen molar-refractivity contribution in [2.75, 3.05) is 0 Å². The number of carboxylic acid groups (broad SMARTS) is 1. The van der Waals surface area contributed by atoms with Crippen LogP contribution in [0.25, 0.3) is 0 Å². The summed E-state index contributed by atoms with van der Waals surface area (Å²) in [6.07, 6.45) is 16.2. The standard InChI is InChI=1S/C31H50O2/c1-20(10-9-11-21(2)27(32)33)23-15-18-31(8)25-12-13-26-28(4,5)22(3)14-17-29(26,6)24(25)16-19-30(23,31)7/h11-12,20,22-24,26H,9-10,13-19H2,1-8H3,(H,32,33)/b21-11-/t20?,22-,23-,24?,26?,29+,30-,31+/m0/s1. The molecule has 0 spiro atoms. The van der Waals surface area contributed by atoms with Crippen LogP contribution in [0.5, 0.6) is 0 Å². The smallest absolute Gasteiger partial charge is 0.330 e. The van der Waals surface area contributed by atoms with Crippen molar-refractivity contribution in [2.24, 2.45) is 51.2 Å². The quantitative estimate of drug-likeness (QED) is 0.333. The highest BCUT2D eigenvalue weighted by molar-refractivity contribution is 5.85. The molecule has 186 valence electrons. The first-order valence-electron chi connectivity index (χ1n) is 13.9. The summed E-state index contributed by atoms with van der Waals surface area (Å²) < 4.78 is 0. The normalized spacial score (nSPS) is 45.5. The first-order valence-corrected chi connectivity index (χ1v) is 13.9. The number of hydrogen-bond donors (Lipinski definition) is 1. The Balaban J connectivity index is 1.58. The molecule has 4 aliphatic rings. The van der Waals surface area contributed by atoms with Crippen molar-refractivity contribution < 1.29 is 9.90 Å². The Labute approximate surface area is 203 Å². The molecule has 8 atom stereocenters. The SMILES string of the molecule is C/C(=C/CCC(C)[C@@H]1CC[C@]2(C)C3=CCC4C(C)(C)[C@@H](C)CC[C@]4(C)C3CC[C@@]12C)C(=O)O. The van der Waals surface area contributed by atoms with E-state index in [1.165, 1.54) is 44.9 Å². The lowest BCUT2D eigenvalue weighted by atomic mass is 9.40. The van der Waals surface area contributed by atoms with Gasteiger partial charge in [0.1, 0.15) is 0 Å². The molecule has 0 amide bonds. The molecule has 0 aromatic carbocycles. The second-order valence-corrected chi connectivity index (χ2v) is 13.9. The van der Waals surface area contributed by atoms with Crippen molar-refractivity contribution in [3.05, 3.63) is 23.3 Å². The minimum Gasteiger partial charge on any atom is -0.478 e. The lowest BCUT2D eigenvalue weighted by molar-refractivity contribution is -0.132. The first-order chi connectivity index (χ1) is 15.3. The fourth-order valence-corrected chi connectivity index (χ4v) is 9.70. The number of carbonyl (C=O) groups is 1. The van der Waals surface area contributed by atoms with Crippen molar-refractivity contribution >= 4 is 5.97 Å². The molecule has 3 fully saturated rings. The zero-order valence-electron chi connectivity index (χ0n) is 22.8. The first kappa shape index (κ1) is 25.1. The van der Waals surface area contributed by atoms with E-state index in [-0.39, 0.29) is 0 Å². The summed E-state index contributed by atoms with van der Waals surface area (Å²) in [7, 11) is 0. The molecule has 0 saturated heterocycles. The molecular weight excluding hydrogens is 404 g/mol. The second-order valence-electron chi connectivity index (χ2n) is 13.9. The average Bonchev–Trinajstić information content (AvgIpc) is 3.02. The van der Waals surface area contributed by atoms with Crippen LogP contribution in [0.1, 0.15) is 113 Å². The Morgan fingerprint density at radius 2 is 1.82 bits per heavy atom. The highest BCUT2D eigenvalue weighted by Gasteiger charge is 2.64. The molecule has 4 aliphatic carbocycles. The molecule has 2 nitrogen and oxygen atoms in total. The highest BCUT2D eigenvalue weighted by atomic mass is 16.4. The van der Waals surface area contributed by atoms with Crippen LogP contribution >= 0.6 is 0 Å². The van der Waals surface area contributed by atoms with Gasteiger partial charge in [0.05, 0.1) is 0 Å². The van der Waals surface area contributed by atoms with Crippen LogP contribution in [-0.2, 0) is 4.79 Å². The Bertz CT molecular complexity index is 849. The summed E-state index contributed by atoms with van der Waals surface area (Å²) >= 11 is 0. The van der Waals surface area contributed by atoms with E-state index >= 15 is 0 Å². The number of fused-ring (bicyclic) bond motifs is 5. The summed E-state index contributed by atoms with van der Waals surface area (Å²) in [6.45, 7) is 19.7. The van der Waals surface area contributed by atoms with Crippen LogP contribution in [0, 0.1) is 51.2 Å². The molecular formula is C31H50O2. The van der Waals surface area contributed by atoms with Crippen LogP contribution < -0.4 is 0 Å². The topological polar surface area (TPSA) is 37.3 Å². The molecule has 3 unspecified atom stereocenters. The van der Waals surface area contributed by atoms with E-state index < -0.39 is 5.97 Å².